The number of carbonyl (C=O) groups excluding carboxylic acids is 1. The summed E-state index contributed by atoms with van der Waals surface area (Å²) in [4.78, 5) is 24.5. The number of carbonyl (C=O) groups is 1. The van der Waals surface area contributed by atoms with Crippen molar-refractivity contribution >= 4 is 42.6 Å². The van der Waals surface area contributed by atoms with E-state index in [1.807, 2.05) is 32.0 Å². The van der Waals surface area contributed by atoms with E-state index < -0.39 is 10.0 Å². The fraction of sp³-hybridized carbons (Fsp3) is 0.269. The average molecular weight is 523 g/mol. The first-order valence-electron chi connectivity index (χ1n) is 11.6. The van der Waals surface area contributed by atoms with Crippen molar-refractivity contribution in [1.29, 1.82) is 0 Å². The number of pyridine rings is 1. The minimum atomic E-state index is -3.64. The maximum absolute atomic E-state index is 13.7. The molecule has 0 unspecified atom stereocenters. The van der Waals surface area contributed by atoms with Gasteiger partial charge in [0.2, 0.25) is 10.0 Å². The highest BCUT2D eigenvalue weighted by atomic mass is 32.2. The second-order valence-electron chi connectivity index (χ2n) is 8.64. The van der Waals surface area contributed by atoms with E-state index in [-0.39, 0.29) is 10.8 Å². The van der Waals surface area contributed by atoms with Crippen molar-refractivity contribution in [2.24, 2.45) is 0 Å². The van der Waals surface area contributed by atoms with Crippen molar-refractivity contribution in [3.63, 3.8) is 0 Å². The average Bonchev–Trinajstić information content (AvgIpc) is 3.35. The van der Waals surface area contributed by atoms with Crippen molar-refractivity contribution in [3.8, 4) is 0 Å². The Bertz CT molecular complexity index is 1500. The van der Waals surface area contributed by atoms with Crippen LogP contribution in [0.2, 0.25) is 0 Å². The zero-order chi connectivity index (χ0) is 25.3. The van der Waals surface area contributed by atoms with Gasteiger partial charge in [0.25, 0.3) is 5.91 Å². The first kappa shape index (κ1) is 24.5. The van der Waals surface area contributed by atoms with Gasteiger partial charge in [0.15, 0.2) is 5.13 Å². The van der Waals surface area contributed by atoms with Crippen LogP contribution >= 0.6 is 11.3 Å². The molecule has 0 aliphatic carbocycles. The van der Waals surface area contributed by atoms with Gasteiger partial charge in [-0.15, -0.1) is 0 Å². The lowest BCUT2D eigenvalue weighted by molar-refractivity contribution is 0.0730. The predicted octanol–water partition coefficient (Wildman–Crippen LogP) is 4.18. The molecule has 1 aliphatic rings. The van der Waals surface area contributed by atoms with Crippen molar-refractivity contribution in [1.82, 2.24) is 14.3 Å². The van der Waals surface area contributed by atoms with Gasteiger partial charge in [0.1, 0.15) is 0 Å². The lowest BCUT2D eigenvalue weighted by atomic mass is 10.1. The number of sulfonamides is 1. The Hall–Kier alpha value is -3.18. The molecule has 2 aromatic carbocycles. The summed E-state index contributed by atoms with van der Waals surface area (Å²) in [7, 11) is -3.64. The third-order valence-electron chi connectivity index (χ3n) is 6.32. The number of morpholine rings is 1. The standard InChI is InChI=1S/C26H26N4O4S2/c1-18-5-10-23-24(19(18)2)28-26(35-23)30(17-20-4-3-11-27-16-20)25(31)21-6-8-22(9-7-21)36(32,33)29-12-14-34-15-13-29/h3-11,16H,12-15,17H2,1-2H3. The zero-order valence-corrected chi connectivity index (χ0v) is 21.7. The Labute approximate surface area is 214 Å². The van der Waals surface area contributed by atoms with Crippen molar-refractivity contribution in [3.05, 3.63) is 83.2 Å². The van der Waals surface area contributed by atoms with E-state index in [1.165, 1.54) is 27.8 Å². The van der Waals surface area contributed by atoms with Crippen LogP contribution < -0.4 is 4.90 Å². The van der Waals surface area contributed by atoms with Gasteiger partial charge < -0.3 is 4.74 Å². The summed E-state index contributed by atoms with van der Waals surface area (Å²) in [5.41, 5.74) is 4.35. The fourth-order valence-electron chi connectivity index (χ4n) is 4.09. The van der Waals surface area contributed by atoms with Crippen LogP contribution in [-0.2, 0) is 21.3 Å². The van der Waals surface area contributed by atoms with Gasteiger partial charge in [-0.25, -0.2) is 13.4 Å². The molecule has 1 aliphatic heterocycles. The molecule has 1 amide bonds. The zero-order valence-electron chi connectivity index (χ0n) is 20.0. The number of aromatic nitrogens is 2. The molecule has 0 atom stereocenters. The lowest BCUT2D eigenvalue weighted by Gasteiger charge is -2.26. The first-order chi connectivity index (χ1) is 17.3. The third kappa shape index (κ3) is 4.77. The first-order valence-corrected chi connectivity index (χ1v) is 13.9. The molecule has 4 aromatic rings. The van der Waals surface area contributed by atoms with Gasteiger partial charge in [-0.1, -0.05) is 23.5 Å². The number of rotatable bonds is 6. The minimum absolute atomic E-state index is 0.158. The molecule has 0 saturated carbocycles. The van der Waals surface area contributed by atoms with Crippen LogP contribution in [0.4, 0.5) is 5.13 Å². The molecule has 0 bridgehead atoms. The van der Waals surface area contributed by atoms with E-state index in [0.29, 0.717) is 43.5 Å². The van der Waals surface area contributed by atoms with Crippen LogP contribution in [0.25, 0.3) is 10.2 Å². The summed E-state index contributed by atoms with van der Waals surface area (Å²) in [5, 5.41) is 0.581. The number of fused-ring (bicyclic) bond motifs is 1. The smallest absolute Gasteiger partial charge is 0.260 e. The van der Waals surface area contributed by atoms with Gasteiger partial charge in [0.05, 0.1) is 34.9 Å². The second-order valence-corrected chi connectivity index (χ2v) is 11.6. The largest absolute Gasteiger partial charge is 0.379 e. The number of hydrogen-bond donors (Lipinski definition) is 0. The summed E-state index contributed by atoms with van der Waals surface area (Å²) in [6.45, 7) is 5.75. The highest BCUT2D eigenvalue weighted by Crippen LogP contribution is 2.33. The highest BCUT2D eigenvalue weighted by Gasteiger charge is 2.27. The molecular formula is C26H26N4O4S2. The SMILES string of the molecule is Cc1ccc2sc(N(Cc3cccnc3)C(=O)c3ccc(S(=O)(=O)N4CCOCC4)cc3)nc2c1C. The summed E-state index contributed by atoms with van der Waals surface area (Å²) in [6, 6.07) is 13.9. The normalized spacial score (nSPS) is 14.7. The monoisotopic (exact) mass is 522 g/mol. The Morgan fingerprint density at radius 2 is 1.83 bits per heavy atom. The van der Waals surface area contributed by atoms with Crippen LogP contribution in [0, 0.1) is 13.8 Å². The van der Waals surface area contributed by atoms with E-state index in [2.05, 4.69) is 11.1 Å². The van der Waals surface area contributed by atoms with E-state index in [0.717, 1.165) is 26.9 Å². The van der Waals surface area contributed by atoms with E-state index in [1.54, 1.807) is 29.4 Å². The molecule has 0 radical (unpaired) electrons. The van der Waals surface area contributed by atoms with Crippen molar-refractivity contribution < 1.29 is 17.9 Å². The van der Waals surface area contributed by atoms with Crippen molar-refractivity contribution in [2.45, 2.75) is 25.3 Å². The fourth-order valence-corrected chi connectivity index (χ4v) is 6.52. The molecule has 10 heteroatoms. The molecule has 186 valence electrons. The number of thiazole rings is 1. The maximum atomic E-state index is 13.7. The van der Waals surface area contributed by atoms with Crippen LogP contribution in [-0.4, -0.2) is 54.9 Å². The van der Waals surface area contributed by atoms with Gasteiger partial charge in [0, 0.05) is 31.0 Å². The van der Waals surface area contributed by atoms with E-state index in [4.69, 9.17) is 9.72 Å². The maximum Gasteiger partial charge on any atom is 0.260 e. The van der Waals surface area contributed by atoms with Gasteiger partial charge in [-0.05, 0) is 66.9 Å². The van der Waals surface area contributed by atoms with Gasteiger partial charge in [-0.2, -0.15) is 4.31 Å². The highest BCUT2D eigenvalue weighted by molar-refractivity contribution is 7.89. The van der Waals surface area contributed by atoms with Crippen LogP contribution in [0.15, 0.2) is 65.8 Å². The Balaban J connectivity index is 1.49. The summed E-state index contributed by atoms with van der Waals surface area (Å²) in [5.74, 6) is -0.261. The van der Waals surface area contributed by atoms with Crippen LogP contribution in [0.1, 0.15) is 27.0 Å². The molecule has 1 saturated heterocycles. The van der Waals surface area contributed by atoms with Crippen molar-refractivity contribution in [2.75, 3.05) is 31.2 Å². The predicted molar refractivity (Wildman–Crippen MR) is 140 cm³/mol. The topological polar surface area (TPSA) is 92.7 Å². The number of nitrogens with zero attached hydrogens (tertiary/aromatic N) is 4. The number of hydrogen-bond acceptors (Lipinski definition) is 7. The van der Waals surface area contributed by atoms with E-state index >= 15 is 0 Å². The third-order valence-corrected chi connectivity index (χ3v) is 9.28. The Morgan fingerprint density at radius 1 is 1.08 bits per heavy atom. The van der Waals surface area contributed by atoms with Crippen LogP contribution in [0.3, 0.4) is 0 Å². The van der Waals surface area contributed by atoms with Gasteiger partial charge in [-0.3, -0.25) is 14.7 Å². The lowest BCUT2D eigenvalue weighted by Crippen LogP contribution is -2.40. The summed E-state index contributed by atoms with van der Waals surface area (Å²) >= 11 is 1.46. The molecule has 3 heterocycles. The molecule has 8 nitrogen and oxygen atoms in total. The molecule has 5 rings (SSSR count). The summed E-state index contributed by atoms with van der Waals surface area (Å²) in [6.07, 6.45) is 3.41. The number of benzene rings is 2. The molecule has 36 heavy (non-hydrogen) atoms. The quantitative estimate of drug-likeness (QED) is 0.377. The Morgan fingerprint density at radius 3 is 2.53 bits per heavy atom. The molecule has 2 aromatic heterocycles. The van der Waals surface area contributed by atoms with E-state index in [9.17, 15) is 13.2 Å². The second kappa shape index (κ2) is 10.1. The Kier molecular flexibility index (Phi) is 6.85. The number of anilines is 1. The number of aryl methyl sites for hydroxylation is 2. The summed E-state index contributed by atoms with van der Waals surface area (Å²) < 4.78 is 33.6. The number of amides is 1. The molecule has 0 spiro atoms. The minimum Gasteiger partial charge on any atom is -0.379 e. The molecule has 0 N–H and O–H groups in total. The van der Waals surface area contributed by atoms with Crippen LogP contribution in [0.5, 0.6) is 0 Å². The number of ether oxygens (including phenoxy) is 1. The molecule has 1 fully saturated rings. The van der Waals surface area contributed by atoms with Gasteiger partial charge >= 0.3 is 0 Å². The molecular weight excluding hydrogens is 496 g/mol.